The predicted molar refractivity (Wildman–Crippen MR) is 94.1 cm³/mol. The molecule has 2 aliphatic heterocycles. The maximum Gasteiger partial charge on any atom is 0.416 e. The number of alkyl halides is 3. The quantitative estimate of drug-likeness (QED) is 0.817. The number of anilines is 2. The second kappa shape index (κ2) is 6.32. The summed E-state index contributed by atoms with van der Waals surface area (Å²) in [5.41, 5.74) is 2.10. The van der Waals surface area contributed by atoms with Crippen molar-refractivity contribution in [1.82, 2.24) is 5.32 Å². The summed E-state index contributed by atoms with van der Waals surface area (Å²) in [6.07, 6.45) is -3.99. The summed E-state index contributed by atoms with van der Waals surface area (Å²) < 4.78 is 39.0. The van der Waals surface area contributed by atoms with E-state index in [9.17, 15) is 18.0 Å². The van der Waals surface area contributed by atoms with E-state index < -0.39 is 11.7 Å². The third-order valence-corrected chi connectivity index (χ3v) is 4.88. The second-order valence-electron chi connectivity index (χ2n) is 6.61. The summed E-state index contributed by atoms with van der Waals surface area (Å²) in [7, 11) is 0. The minimum Gasteiger partial charge on any atom is -0.364 e. The molecule has 0 spiro atoms. The largest absolute Gasteiger partial charge is 0.416 e. The Morgan fingerprint density at radius 1 is 1.08 bits per heavy atom. The fraction of sp³-hybridized carbons (Fsp3) is 0.316. The number of nitrogens with one attached hydrogen (secondary N) is 2. The molecule has 2 N–H and O–H groups in total. The van der Waals surface area contributed by atoms with Gasteiger partial charge in [-0.05, 0) is 35.4 Å². The lowest BCUT2D eigenvalue weighted by Gasteiger charge is -2.36. The number of nitrogens with zero attached hydrogens (tertiary/aromatic N) is 1. The van der Waals surface area contributed by atoms with Crippen LogP contribution >= 0.6 is 0 Å². The summed E-state index contributed by atoms with van der Waals surface area (Å²) >= 11 is 0. The van der Waals surface area contributed by atoms with Gasteiger partial charge in [-0.3, -0.25) is 4.79 Å². The molecule has 1 fully saturated rings. The summed E-state index contributed by atoms with van der Waals surface area (Å²) in [5, 5.41) is 6.19. The van der Waals surface area contributed by atoms with Crippen molar-refractivity contribution in [3.05, 3.63) is 48.0 Å². The Kier molecular flexibility index (Phi) is 4.11. The molecule has 0 radical (unpaired) electrons. The average molecular weight is 361 g/mol. The lowest BCUT2D eigenvalue weighted by molar-refractivity contribution is -0.137. The van der Waals surface area contributed by atoms with Crippen molar-refractivity contribution in [3.63, 3.8) is 0 Å². The zero-order valence-corrected chi connectivity index (χ0v) is 13.9. The van der Waals surface area contributed by atoms with Crippen LogP contribution in [0.2, 0.25) is 0 Å². The number of carbonyl (C=O) groups excluding carboxylic acids is 1. The number of fused-ring (bicyclic) bond motifs is 3. The van der Waals surface area contributed by atoms with Gasteiger partial charge in [0.15, 0.2) is 0 Å². The summed E-state index contributed by atoms with van der Waals surface area (Å²) in [6, 6.07) is 10.7. The zero-order valence-electron chi connectivity index (χ0n) is 13.9. The van der Waals surface area contributed by atoms with Crippen LogP contribution in [0.5, 0.6) is 0 Å². The van der Waals surface area contributed by atoms with Gasteiger partial charge < -0.3 is 15.5 Å². The second-order valence-corrected chi connectivity index (χ2v) is 6.61. The number of rotatable bonds is 1. The van der Waals surface area contributed by atoms with Gasteiger partial charge in [-0.2, -0.15) is 13.2 Å². The van der Waals surface area contributed by atoms with Crippen molar-refractivity contribution in [3.8, 4) is 11.1 Å². The first-order chi connectivity index (χ1) is 12.4. The molecule has 0 bridgehead atoms. The van der Waals surface area contributed by atoms with E-state index in [2.05, 4.69) is 15.5 Å². The van der Waals surface area contributed by atoms with Gasteiger partial charge in [0, 0.05) is 26.1 Å². The van der Waals surface area contributed by atoms with Crippen molar-refractivity contribution in [2.75, 3.05) is 29.9 Å². The number of piperazine rings is 1. The maximum absolute atomic E-state index is 13.0. The molecule has 0 saturated carbocycles. The molecule has 26 heavy (non-hydrogen) atoms. The molecule has 1 saturated heterocycles. The highest BCUT2D eigenvalue weighted by Crippen LogP contribution is 2.37. The Bertz CT molecular complexity index is 850. The maximum atomic E-state index is 13.0. The van der Waals surface area contributed by atoms with Gasteiger partial charge in [0.2, 0.25) is 5.91 Å². The van der Waals surface area contributed by atoms with E-state index in [0.29, 0.717) is 29.8 Å². The number of halogens is 3. The molecule has 1 atom stereocenters. The Labute approximate surface area is 149 Å². The monoisotopic (exact) mass is 361 g/mol. The van der Waals surface area contributed by atoms with Crippen molar-refractivity contribution >= 4 is 17.3 Å². The minimum absolute atomic E-state index is 0.0433. The first kappa shape index (κ1) is 16.9. The molecule has 0 aliphatic carbocycles. The van der Waals surface area contributed by atoms with Crippen LogP contribution in [0.3, 0.4) is 0 Å². The standard InChI is InChI=1S/C19H18F3N3O/c20-19(21,22)14-3-1-2-12(8-14)13-4-5-16-17(9-13)25-7-6-23-11-15(25)10-18(26)24-16/h1-5,8-9,15,23H,6-7,10-11H2,(H,24,26). The number of carbonyl (C=O) groups is 1. The summed E-state index contributed by atoms with van der Waals surface area (Å²) in [4.78, 5) is 14.3. The fourth-order valence-corrected chi connectivity index (χ4v) is 3.61. The molecule has 7 heteroatoms. The third-order valence-electron chi connectivity index (χ3n) is 4.88. The molecule has 0 aromatic heterocycles. The van der Waals surface area contributed by atoms with E-state index in [-0.39, 0.29) is 11.9 Å². The summed E-state index contributed by atoms with van der Waals surface area (Å²) in [6.45, 7) is 2.26. The molecule has 2 aromatic carbocycles. The van der Waals surface area contributed by atoms with Crippen LogP contribution < -0.4 is 15.5 Å². The van der Waals surface area contributed by atoms with Crippen molar-refractivity contribution in [1.29, 1.82) is 0 Å². The van der Waals surface area contributed by atoms with E-state index in [1.165, 1.54) is 6.07 Å². The number of hydrogen-bond acceptors (Lipinski definition) is 3. The van der Waals surface area contributed by atoms with Crippen LogP contribution in [0, 0.1) is 0 Å². The van der Waals surface area contributed by atoms with Gasteiger partial charge >= 0.3 is 6.18 Å². The van der Waals surface area contributed by atoms with Crippen LogP contribution in [0.15, 0.2) is 42.5 Å². The highest BCUT2D eigenvalue weighted by molar-refractivity contribution is 5.97. The fourth-order valence-electron chi connectivity index (χ4n) is 3.61. The Balaban J connectivity index is 1.77. The molecular formula is C19H18F3N3O. The van der Waals surface area contributed by atoms with E-state index in [0.717, 1.165) is 30.9 Å². The molecule has 1 unspecified atom stereocenters. The minimum atomic E-state index is -4.38. The Hall–Kier alpha value is -2.54. The molecule has 136 valence electrons. The average Bonchev–Trinajstić information content (AvgIpc) is 2.76. The Morgan fingerprint density at radius 3 is 2.69 bits per heavy atom. The van der Waals surface area contributed by atoms with Crippen LogP contribution in [0.4, 0.5) is 24.5 Å². The normalized spacial score (nSPS) is 20.0. The van der Waals surface area contributed by atoms with Crippen LogP contribution in [-0.4, -0.2) is 31.6 Å². The zero-order chi connectivity index (χ0) is 18.3. The van der Waals surface area contributed by atoms with Gasteiger partial charge in [0.1, 0.15) is 0 Å². The van der Waals surface area contributed by atoms with Gasteiger partial charge in [-0.15, -0.1) is 0 Å². The van der Waals surface area contributed by atoms with Crippen LogP contribution in [-0.2, 0) is 11.0 Å². The third kappa shape index (κ3) is 3.14. The topological polar surface area (TPSA) is 44.4 Å². The highest BCUT2D eigenvalue weighted by atomic mass is 19.4. The molecule has 2 aliphatic rings. The van der Waals surface area contributed by atoms with Gasteiger partial charge in [0.25, 0.3) is 0 Å². The van der Waals surface area contributed by atoms with Gasteiger partial charge in [0.05, 0.1) is 23.0 Å². The first-order valence-corrected chi connectivity index (χ1v) is 8.51. The van der Waals surface area contributed by atoms with E-state index in [1.807, 2.05) is 6.07 Å². The van der Waals surface area contributed by atoms with E-state index >= 15 is 0 Å². The van der Waals surface area contributed by atoms with Gasteiger partial charge in [-0.25, -0.2) is 0 Å². The highest BCUT2D eigenvalue weighted by Gasteiger charge is 2.32. The number of amides is 1. The molecule has 4 nitrogen and oxygen atoms in total. The molecule has 1 amide bonds. The van der Waals surface area contributed by atoms with Gasteiger partial charge in [-0.1, -0.05) is 18.2 Å². The van der Waals surface area contributed by atoms with E-state index in [4.69, 9.17) is 0 Å². The smallest absolute Gasteiger partial charge is 0.364 e. The molecule has 4 rings (SSSR count). The molecule has 2 aromatic rings. The molecular weight excluding hydrogens is 343 g/mol. The van der Waals surface area contributed by atoms with E-state index in [1.54, 1.807) is 18.2 Å². The lowest BCUT2D eigenvalue weighted by Crippen LogP contribution is -2.51. The van der Waals surface area contributed by atoms with Crippen LogP contribution in [0.1, 0.15) is 12.0 Å². The SMILES string of the molecule is O=C1CC2CNCCN2c2cc(-c3cccc(C(F)(F)F)c3)ccc2N1. The lowest BCUT2D eigenvalue weighted by atomic mass is 10.0. The van der Waals surface area contributed by atoms with Crippen molar-refractivity contribution < 1.29 is 18.0 Å². The first-order valence-electron chi connectivity index (χ1n) is 8.51. The number of hydrogen-bond donors (Lipinski definition) is 2. The Morgan fingerprint density at radius 2 is 1.88 bits per heavy atom. The van der Waals surface area contributed by atoms with Crippen LogP contribution in [0.25, 0.3) is 11.1 Å². The predicted octanol–water partition coefficient (Wildman–Crippen LogP) is 3.49. The van der Waals surface area contributed by atoms with Crippen molar-refractivity contribution in [2.24, 2.45) is 0 Å². The van der Waals surface area contributed by atoms with Crippen molar-refractivity contribution in [2.45, 2.75) is 18.6 Å². The summed E-state index contributed by atoms with van der Waals surface area (Å²) in [5.74, 6) is -0.0470. The number of benzene rings is 2. The molecule has 2 heterocycles.